The second-order valence-electron chi connectivity index (χ2n) is 14.7. The number of esters is 1. The van der Waals surface area contributed by atoms with Crippen molar-refractivity contribution < 1.29 is 9.53 Å². The summed E-state index contributed by atoms with van der Waals surface area (Å²) < 4.78 is 5.84. The van der Waals surface area contributed by atoms with Crippen molar-refractivity contribution in [1.29, 1.82) is 0 Å². The second kappa shape index (κ2) is 8.95. The van der Waals surface area contributed by atoms with Gasteiger partial charge in [-0.1, -0.05) is 86.3 Å². The van der Waals surface area contributed by atoms with Gasteiger partial charge in [0.2, 0.25) is 0 Å². The van der Waals surface area contributed by atoms with E-state index in [0.29, 0.717) is 22.2 Å². The molecule has 0 saturated heterocycles. The molecule has 0 aromatic rings. The average Bonchev–Trinajstić information content (AvgIpc) is 3.01. The molecule has 0 radical (unpaired) electrons. The molecular formula is C32H54O2. The van der Waals surface area contributed by atoms with E-state index in [9.17, 15) is 4.79 Å². The van der Waals surface area contributed by atoms with E-state index in [0.717, 1.165) is 30.1 Å². The number of ether oxygens (including phenoxy) is 1. The lowest BCUT2D eigenvalue weighted by Gasteiger charge is -2.66. The summed E-state index contributed by atoms with van der Waals surface area (Å²) in [5, 5.41) is 0. The van der Waals surface area contributed by atoms with Crippen LogP contribution in [0.15, 0.2) is 11.6 Å². The van der Waals surface area contributed by atoms with Crippen molar-refractivity contribution >= 4 is 5.97 Å². The lowest BCUT2D eigenvalue weighted by molar-refractivity contribution is -0.162. The number of hydrogen-bond donors (Lipinski definition) is 0. The van der Waals surface area contributed by atoms with Gasteiger partial charge in [0.15, 0.2) is 0 Å². The zero-order chi connectivity index (χ0) is 25.1. The van der Waals surface area contributed by atoms with Gasteiger partial charge >= 0.3 is 5.97 Å². The fourth-order valence-electron chi connectivity index (χ4n) is 10.1. The first-order chi connectivity index (χ1) is 15.8. The van der Waals surface area contributed by atoms with Crippen LogP contribution < -0.4 is 0 Å². The first-order valence-electron chi connectivity index (χ1n) is 14.6. The van der Waals surface area contributed by atoms with Gasteiger partial charge < -0.3 is 4.74 Å². The van der Waals surface area contributed by atoms with Crippen LogP contribution in [0.25, 0.3) is 0 Å². The lowest BCUT2D eigenvalue weighted by atomic mass is 9.39. The molecule has 8 atom stereocenters. The molecule has 34 heavy (non-hydrogen) atoms. The number of carbonyl (C=O) groups excluding carboxylic acids is 1. The van der Waals surface area contributed by atoms with Crippen LogP contribution >= 0.6 is 0 Å². The van der Waals surface area contributed by atoms with E-state index in [1.54, 1.807) is 12.5 Å². The summed E-state index contributed by atoms with van der Waals surface area (Å²) in [5.41, 5.74) is 2.85. The third kappa shape index (κ3) is 3.92. The fraction of sp³-hybridized carbons (Fsp3) is 0.906. The number of hydrogen-bond acceptors (Lipinski definition) is 2. The summed E-state index contributed by atoms with van der Waals surface area (Å²) in [4.78, 5) is 11.8. The van der Waals surface area contributed by atoms with Crippen molar-refractivity contribution in [1.82, 2.24) is 0 Å². The zero-order valence-corrected chi connectivity index (χ0v) is 23.9. The molecule has 4 rings (SSSR count). The van der Waals surface area contributed by atoms with Crippen molar-refractivity contribution in [2.24, 2.45) is 51.2 Å². The van der Waals surface area contributed by atoms with E-state index in [1.165, 1.54) is 57.8 Å². The molecule has 0 aromatic carbocycles. The Morgan fingerprint density at radius 2 is 1.68 bits per heavy atom. The van der Waals surface area contributed by atoms with Crippen molar-refractivity contribution in [2.75, 3.05) is 0 Å². The molecule has 3 saturated carbocycles. The van der Waals surface area contributed by atoms with Crippen LogP contribution in [0.4, 0.5) is 0 Å². The van der Waals surface area contributed by atoms with Crippen LogP contribution in [0.5, 0.6) is 0 Å². The maximum Gasteiger partial charge on any atom is 0.302 e. The summed E-state index contributed by atoms with van der Waals surface area (Å²) in [6.07, 6.45) is 15.9. The van der Waals surface area contributed by atoms with Gasteiger partial charge in [0, 0.05) is 12.3 Å². The SMILES string of the molecule is CC(=O)O[C@H]1CC[C@@H]2C(=CCC3[C@]4(C)CC[C@H]([C@H](C)CCCC(C)C)[C@@]4(C)CC[C@]32C)C1(C)C. The zero-order valence-electron chi connectivity index (χ0n) is 23.9. The molecule has 194 valence electrons. The van der Waals surface area contributed by atoms with Gasteiger partial charge in [0.1, 0.15) is 6.10 Å². The molecule has 0 heterocycles. The van der Waals surface area contributed by atoms with Crippen molar-refractivity contribution in [3.63, 3.8) is 0 Å². The Morgan fingerprint density at radius 1 is 0.971 bits per heavy atom. The summed E-state index contributed by atoms with van der Waals surface area (Å²) >= 11 is 0. The third-order valence-corrected chi connectivity index (χ3v) is 12.3. The fourth-order valence-corrected chi connectivity index (χ4v) is 10.1. The Morgan fingerprint density at radius 3 is 2.32 bits per heavy atom. The maximum absolute atomic E-state index is 11.8. The maximum atomic E-state index is 11.8. The Hall–Kier alpha value is -0.790. The molecule has 0 N–H and O–H groups in total. The molecule has 0 aromatic heterocycles. The molecule has 4 aliphatic rings. The van der Waals surface area contributed by atoms with Gasteiger partial charge in [-0.25, -0.2) is 0 Å². The highest BCUT2D eigenvalue weighted by Crippen LogP contribution is 2.75. The van der Waals surface area contributed by atoms with Gasteiger partial charge in [0.25, 0.3) is 0 Å². The molecule has 0 bridgehead atoms. The van der Waals surface area contributed by atoms with Gasteiger partial charge in [-0.15, -0.1) is 0 Å². The Bertz CT molecular complexity index is 808. The summed E-state index contributed by atoms with van der Waals surface area (Å²) in [6, 6.07) is 0. The van der Waals surface area contributed by atoms with Gasteiger partial charge in [-0.05, 0) is 90.8 Å². The predicted molar refractivity (Wildman–Crippen MR) is 142 cm³/mol. The standard InChI is InChI=1S/C32H54O2/c1-21(2)11-10-12-22(3)24-17-18-32(9)27-15-13-25-26(30(27,7)19-20-31(24,32)8)14-16-28(29(25,5)6)34-23(4)33/h13,21-22,24,26-28H,10-12,14-20H2,1-9H3/t22-,24-,26-,27?,28+,30+,31-,32+/m1/s1. The number of fused-ring (bicyclic) bond motifs is 5. The predicted octanol–water partition coefficient (Wildman–Crippen LogP) is 8.99. The number of rotatable bonds is 6. The minimum Gasteiger partial charge on any atom is -0.462 e. The van der Waals surface area contributed by atoms with Gasteiger partial charge in [-0.2, -0.15) is 0 Å². The molecule has 0 aliphatic heterocycles. The first kappa shape index (κ1) is 26.3. The number of carbonyl (C=O) groups is 1. The Labute approximate surface area is 211 Å². The Balaban J connectivity index is 1.59. The quantitative estimate of drug-likeness (QED) is 0.286. The number of allylic oxidation sites excluding steroid dienone is 1. The van der Waals surface area contributed by atoms with Crippen molar-refractivity contribution in [2.45, 2.75) is 133 Å². The average molecular weight is 471 g/mol. The Kier molecular flexibility index (Phi) is 6.92. The third-order valence-electron chi connectivity index (χ3n) is 12.3. The topological polar surface area (TPSA) is 26.3 Å². The van der Waals surface area contributed by atoms with Crippen LogP contribution in [0.2, 0.25) is 0 Å². The summed E-state index contributed by atoms with van der Waals surface area (Å²) in [5.74, 6) is 3.87. The summed E-state index contributed by atoms with van der Waals surface area (Å²) in [6.45, 7) is 21.6. The van der Waals surface area contributed by atoms with Crippen LogP contribution in [0.3, 0.4) is 0 Å². The van der Waals surface area contributed by atoms with E-state index in [4.69, 9.17) is 4.74 Å². The summed E-state index contributed by atoms with van der Waals surface area (Å²) in [7, 11) is 0. The molecule has 1 unspecified atom stereocenters. The minimum atomic E-state index is -0.127. The van der Waals surface area contributed by atoms with Crippen LogP contribution in [0.1, 0.15) is 127 Å². The van der Waals surface area contributed by atoms with E-state index >= 15 is 0 Å². The highest BCUT2D eigenvalue weighted by Gasteiger charge is 2.67. The monoisotopic (exact) mass is 470 g/mol. The normalized spacial score (nSPS) is 44.0. The van der Waals surface area contributed by atoms with E-state index in [2.05, 4.69) is 61.5 Å². The van der Waals surface area contributed by atoms with Crippen molar-refractivity contribution in [3.8, 4) is 0 Å². The first-order valence-corrected chi connectivity index (χ1v) is 14.6. The lowest BCUT2D eigenvalue weighted by Crippen LogP contribution is -2.59. The highest BCUT2D eigenvalue weighted by molar-refractivity contribution is 5.66. The smallest absolute Gasteiger partial charge is 0.302 e. The molecular weight excluding hydrogens is 416 g/mol. The molecule has 0 spiro atoms. The molecule has 2 nitrogen and oxygen atoms in total. The van der Waals surface area contributed by atoms with Crippen LogP contribution in [0, 0.1) is 51.2 Å². The van der Waals surface area contributed by atoms with Crippen LogP contribution in [-0.2, 0) is 9.53 Å². The minimum absolute atomic E-state index is 0.0274. The van der Waals surface area contributed by atoms with E-state index < -0.39 is 0 Å². The highest BCUT2D eigenvalue weighted by atomic mass is 16.5. The molecule has 2 heteroatoms. The van der Waals surface area contributed by atoms with E-state index in [1.807, 2.05) is 0 Å². The largest absolute Gasteiger partial charge is 0.462 e. The molecule has 0 amide bonds. The van der Waals surface area contributed by atoms with Crippen molar-refractivity contribution in [3.05, 3.63) is 11.6 Å². The van der Waals surface area contributed by atoms with E-state index in [-0.39, 0.29) is 17.5 Å². The second-order valence-corrected chi connectivity index (χ2v) is 14.7. The van der Waals surface area contributed by atoms with Gasteiger partial charge in [0.05, 0.1) is 0 Å². The molecule has 3 fully saturated rings. The van der Waals surface area contributed by atoms with Crippen LogP contribution in [-0.4, -0.2) is 12.1 Å². The van der Waals surface area contributed by atoms with Gasteiger partial charge in [-0.3, -0.25) is 4.79 Å². The molecule has 4 aliphatic carbocycles.